The lowest BCUT2D eigenvalue weighted by molar-refractivity contribution is -0.129. The molecule has 1 fully saturated rings. The lowest BCUT2D eigenvalue weighted by Crippen LogP contribution is -2.31. The van der Waals surface area contributed by atoms with Crippen LogP contribution >= 0.6 is 0 Å². The highest BCUT2D eigenvalue weighted by molar-refractivity contribution is 5.95. The Balaban J connectivity index is 1.76. The number of rotatable bonds is 8. The molecule has 1 aromatic heterocycles. The van der Waals surface area contributed by atoms with Gasteiger partial charge in [0, 0.05) is 53.0 Å². The van der Waals surface area contributed by atoms with Crippen LogP contribution in [0.2, 0.25) is 0 Å². The fourth-order valence-corrected chi connectivity index (χ4v) is 3.74. The predicted molar refractivity (Wildman–Crippen MR) is 119 cm³/mol. The molecule has 1 aromatic carbocycles. The molecule has 1 N–H and O–H groups in total. The Kier molecular flexibility index (Phi) is 7.57. The SMILES string of the molecule is COCCNC(=O)c1cnc(N(C)C)nc1C1CCN(C(=O)Cc2ccccc2C)C1. The molecule has 0 bridgehead atoms. The minimum absolute atomic E-state index is 0.00862. The lowest BCUT2D eigenvalue weighted by atomic mass is 9.99. The molecule has 31 heavy (non-hydrogen) atoms. The van der Waals surface area contributed by atoms with Gasteiger partial charge in [-0.2, -0.15) is 0 Å². The summed E-state index contributed by atoms with van der Waals surface area (Å²) in [6.45, 7) is 4.07. The van der Waals surface area contributed by atoms with Gasteiger partial charge in [-0.15, -0.1) is 0 Å². The van der Waals surface area contributed by atoms with Crippen molar-refractivity contribution in [2.75, 3.05) is 52.3 Å². The first-order chi connectivity index (χ1) is 14.9. The first-order valence-corrected chi connectivity index (χ1v) is 10.5. The zero-order valence-corrected chi connectivity index (χ0v) is 18.7. The number of nitrogens with zero attached hydrogens (tertiary/aromatic N) is 4. The van der Waals surface area contributed by atoms with Crippen LogP contribution in [-0.4, -0.2) is 74.1 Å². The van der Waals surface area contributed by atoms with Gasteiger partial charge in [-0.1, -0.05) is 24.3 Å². The maximum absolute atomic E-state index is 12.9. The van der Waals surface area contributed by atoms with Gasteiger partial charge in [-0.05, 0) is 24.5 Å². The highest BCUT2D eigenvalue weighted by atomic mass is 16.5. The van der Waals surface area contributed by atoms with Crippen molar-refractivity contribution < 1.29 is 14.3 Å². The Morgan fingerprint density at radius 1 is 1.29 bits per heavy atom. The van der Waals surface area contributed by atoms with E-state index in [-0.39, 0.29) is 17.7 Å². The maximum Gasteiger partial charge on any atom is 0.254 e. The Morgan fingerprint density at radius 2 is 2.06 bits per heavy atom. The Labute approximate surface area is 183 Å². The summed E-state index contributed by atoms with van der Waals surface area (Å²) < 4.78 is 5.01. The Hall–Kier alpha value is -3.00. The Bertz CT molecular complexity index is 931. The molecule has 0 saturated carbocycles. The summed E-state index contributed by atoms with van der Waals surface area (Å²) >= 11 is 0. The van der Waals surface area contributed by atoms with Crippen molar-refractivity contribution in [3.63, 3.8) is 0 Å². The molecule has 3 rings (SSSR count). The smallest absolute Gasteiger partial charge is 0.254 e. The minimum atomic E-state index is -0.220. The monoisotopic (exact) mass is 425 g/mol. The molecule has 8 heteroatoms. The number of anilines is 1. The summed E-state index contributed by atoms with van der Waals surface area (Å²) in [6, 6.07) is 7.96. The predicted octanol–water partition coefficient (Wildman–Crippen LogP) is 1.79. The van der Waals surface area contributed by atoms with Gasteiger partial charge in [0.1, 0.15) is 0 Å². The van der Waals surface area contributed by atoms with E-state index < -0.39 is 0 Å². The number of carbonyl (C=O) groups excluding carboxylic acids is 2. The normalized spacial score (nSPS) is 15.7. The van der Waals surface area contributed by atoms with E-state index >= 15 is 0 Å². The standard InChI is InChI=1S/C23H31N5O3/c1-16-7-5-6-8-17(16)13-20(29)28-11-9-18(15-28)21-19(22(30)24-10-12-31-4)14-25-23(26-21)27(2)3/h5-8,14,18H,9-13,15H2,1-4H3,(H,24,30). The molecule has 2 amide bonds. The minimum Gasteiger partial charge on any atom is -0.383 e. The number of aromatic nitrogens is 2. The second-order valence-electron chi connectivity index (χ2n) is 8.04. The van der Waals surface area contributed by atoms with Crippen LogP contribution in [0.25, 0.3) is 0 Å². The summed E-state index contributed by atoms with van der Waals surface area (Å²) in [5, 5.41) is 2.85. The molecule has 1 aliphatic heterocycles. The first-order valence-electron chi connectivity index (χ1n) is 10.5. The van der Waals surface area contributed by atoms with Crippen LogP contribution in [0.5, 0.6) is 0 Å². The van der Waals surface area contributed by atoms with E-state index in [1.807, 2.05) is 55.1 Å². The summed E-state index contributed by atoms with van der Waals surface area (Å²) in [5.74, 6) is 0.422. The van der Waals surface area contributed by atoms with E-state index in [0.717, 1.165) is 17.5 Å². The molecule has 2 aromatic rings. The van der Waals surface area contributed by atoms with Crippen molar-refractivity contribution >= 4 is 17.8 Å². The summed E-state index contributed by atoms with van der Waals surface area (Å²) in [7, 11) is 5.32. The van der Waals surface area contributed by atoms with Gasteiger partial charge in [-0.3, -0.25) is 9.59 Å². The molecular formula is C23H31N5O3. The third-order valence-corrected chi connectivity index (χ3v) is 5.57. The average molecular weight is 426 g/mol. The van der Waals surface area contributed by atoms with E-state index in [2.05, 4.69) is 15.3 Å². The molecule has 0 radical (unpaired) electrons. The quantitative estimate of drug-likeness (QED) is 0.649. The first kappa shape index (κ1) is 22.7. The number of ether oxygens (including phenoxy) is 1. The van der Waals surface area contributed by atoms with Crippen molar-refractivity contribution in [1.29, 1.82) is 0 Å². The molecule has 166 valence electrons. The van der Waals surface area contributed by atoms with Gasteiger partial charge in [-0.25, -0.2) is 9.97 Å². The molecule has 1 atom stereocenters. The second kappa shape index (κ2) is 10.3. The van der Waals surface area contributed by atoms with Gasteiger partial charge in [0.05, 0.1) is 24.3 Å². The van der Waals surface area contributed by atoms with E-state index in [4.69, 9.17) is 4.74 Å². The highest BCUT2D eigenvalue weighted by Gasteiger charge is 2.31. The van der Waals surface area contributed by atoms with Gasteiger partial charge in [0.15, 0.2) is 0 Å². The van der Waals surface area contributed by atoms with Crippen molar-refractivity contribution in [1.82, 2.24) is 20.2 Å². The topological polar surface area (TPSA) is 87.7 Å². The number of amides is 2. The number of aryl methyl sites for hydroxylation is 1. The van der Waals surface area contributed by atoms with Crippen molar-refractivity contribution in [3.05, 3.63) is 52.8 Å². The number of likely N-dealkylation sites (tertiary alicyclic amines) is 1. The van der Waals surface area contributed by atoms with Gasteiger partial charge in [0.25, 0.3) is 5.91 Å². The Morgan fingerprint density at radius 3 is 2.77 bits per heavy atom. The summed E-state index contributed by atoms with van der Waals surface area (Å²) in [4.78, 5) is 38.3. The van der Waals surface area contributed by atoms with Crippen molar-refractivity contribution in [2.24, 2.45) is 0 Å². The van der Waals surface area contributed by atoms with Crippen LogP contribution in [0.3, 0.4) is 0 Å². The fourth-order valence-electron chi connectivity index (χ4n) is 3.74. The van der Waals surface area contributed by atoms with E-state index in [1.165, 1.54) is 0 Å². The number of benzene rings is 1. The van der Waals surface area contributed by atoms with Crippen LogP contribution in [0.1, 0.15) is 39.5 Å². The molecule has 2 heterocycles. The largest absolute Gasteiger partial charge is 0.383 e. The van der Waals surface area contributed by atoms with Crippen LogP contribution in [0.15, 0.2) is 30.5 Å². The van der Waals surface area contributed by atoms with Crippen LogP contribution in [0, 0.1) is 6.92 Å². The van der Waals surface area contributed by atoms with Gasteiger partial charge >= 0.3 is 0 Å². The highest BCUT2D eigenvalue weighted by Crippen LogP contribution is 2.29. The van der Waals surface area contributed by atoms with E-state index in [9.17, 15) is 9.59 Å². The molecule has 8 nitrogen and oxygen atoms in total. The molecule has 0 aliphatic carbocycles. The number of hydrogen-bond acceptors (Lipinski definition) is 6. The molecule has 1 aliphatic rings. The molecule has 0 spiro atoms. The van der Waals surface area contributed by atoms with Crippen LogP contribution < -0.4 is 10.2 Å². The number of methoxy groups -OCH3 is 1. The molecule has 1 unspecified atom stereocenters. The average Bonchev–Trinajstić information content (AvgIpc) is 3.25. The number of hydrogen-bond donors (Lipinski definition) is 1. The number of nitrogens with one attached hydrogen (secondary N) is 1. The van der Waals surface area contributed by atoms with E-state index in [1.54, 1.807) is 13.3 Å². The molecule has 1 saturated heterocycles. The van der Waals surface area contributed by atoms with Crippen molar-refractivity contribution in [3.8, 4) is 0 Å². The maximum atomic E-state index is 12.9. The van der Waals surface area contributed by atoms with Crippen LogP contribution in [0.4, 0.5) is 5.95 Å². The second-order valence-corrected chi connectivity index (χ2v) is 8.04. The number of carbonyl (C=O) groups is 2. The molecular weight excluding hydrogens is 394 g/mol. The summed E-state index contributed by atoms with van der Waals surface area (Å²) in [6.07, 6.45) is 2.73. The summed E-state index contributed by atoms with van der Waals surface area (Å²) in [5.41, 5.74) is 3.32. The van der Waals surface area contributed by atoms with Gasteiger partial charge < -0.3 is 19.9 Å². The zero-order chi connectivity index (χ0) is 22.4. The van der Waals surface area contributed by atoms with Crippen molar-refractivity contribution in [2.45, 2.75) is 25.7 Å². The third-order valence-electron chi connectivity index (χ3n) is 5.57. The van der Waals surface area contributed by atoms with Gasteiger partial charge in [0.2, 0.25) is 11.9 Å². The third kappa shape index (κ3) is 5.58. The zero-order valence-electron chi connectivity index (χ0n) is 18.7. The van der Waals surface area contributed by atoms with Crippen LogP contribution in [-0.2, 0) is 16.0 Å². The lowest BCUT2D eigenvalue weighted by Gasteiger charge is -2.19. The fraction of sp³-hybridized carbons (Fsp3) is 0.478. The van der Waals surface area contributed by atoms with E-state index in [0.29, 0.717) is 49.9 Å².